The molecule has 0 bridgehead atoms. The van der Waals surface area contributed by atoms with Crippen molar-refractivity contribution in [2.75, 3.05) is 6.54 Å². The highest BCUT2D eigenvalue weighted by atomic mass is 16.5. The van der Waals surface area contributed by atoms with E-state index in [9.17, 15) is 14.4 Å². The van der Waals surface area contributed by atoms with E-state index in [-0.39, 0.29) is 30.2 Å². The molecule has 0 aliphatic carbocycles. The number of carbonyl (C=O) groups is 3. The number of rotatable bonds is 5. The monoisotopic (exact) mass is 371 g/mol. The third kappa shape index (κ3) is 3.43. The standard InChI is InChI=1S/C20H25N3O4/c1-2-17(15-4-3-9-21-15)27-13-5-6-14-12(10-13)11-23(20(14)26)16-7-8-18(24)22-19(16)25/h5-6,10,15-17,21H,2-4,7-9,11H2,1H3,(H,22,24,25). The molecule has 0 radical (unpaired) electrons. The quantitative estimate of drug-likeness (QED) is 0.763. The van der Waals surface area contributed by atoms with Crippen LogP contribution in [0.4, 0.5) is 0 Å². The van der Waals surface area contributed by atoms with E-state index in [2.05, 4.69) is 17.6 Å². The number of piperidine rings is 1. The van der Waals surface area contributed by atoms with Gasteiger partial charge >= 0.3 is 0 Å². The van der Waals surface area contributed by atoms with E-state index in [1.54, 1.807) is 11.0 Å². The van der Waals surface area contributed by atoms with Gasteiger partial charge in [0.1, 0.15) is 17.9 Å². The van der Waals surface area contributed by atoms with Gasteiger partial charge in [-0.15, -0.1) is 0 Å². The van der Waals surface area contributed by atoms with Crippen LogP contribution < -0.4 is 15.4 Å². The summed E-state index contributed by atoms with van der Waals surface area (Å²) in [7, 11) is 0. The van der Waals surface area contributed by atoms with Gasteiger partial charge in [-0.25, -0.2) is 0 Å². The van der Waals surface area contributed by atoms with Crippen molar-refractivity contribution in [3.8, 4) is 5.75 Å². The predicted octanol–water partition coefficient (Wildman–Crippen LogP) is 1.36. The molecular formula is C20H25N3O4. The first kappa shape index (κ1) is 18.0. The Balaban J connectivity index is 1.49. The number of nitrogens with zero attached hydrogens (tertiary/aromatic N) is 1. The molecule has 3 atom stereocenters. The number of carbonyl (C=O) groups excluding carboxylic acids is 3. The number of amides is 3. The number of imide groups is 1. The molecule has 3 heterocycles. The fourth-order valence-electron chi connectivity index (χ4n) is 4.28. The van der Waals surface area contributed by atoms with E-state index < -0.39 is 6.04 Å². The lowest BCUT2D eigenvalue weighted by atomic mass is 10.0. The topological polar surface area (TPSA) is 87.7 Å². The largest absolute Gasteiger partial charge is 0.489 e. The summed E-state index contributed by atoms with van der Waals surface area (Å²) in [5, 5.41) is 5.81. The lowest BCUT2D eigenvalue weighted by Gasteiger charge is -2.29. The first-order valence-electron chi connectivity index (χ1n) is 9.74. The van der Waals surface area contributed by atoms with Crippen molar-refractivity contribution >= 4 is 17.7 Å². The number of nitrogens with one attached hydrogen (secondary N) is 2. The molecule has 1 aromatic rings. The van der Waals surface area contributed by atoms with Crippen LogP contribution in [0.5, 0.6) is 5.75 Å². The number of hydrogen-bond acceptors (Lipinski definition) is 5. The van der Waals surface area contributed by atoms with Gasteiger partial charge in [0.15, 0.2) is 0 Å². The molecule has 0 aromatic heterocycles. The highest BCUT2D eigenvalue weighted by Crippen LogP contribution is 2.31. The number of hydrogen-bond donors (Lipinski definition) is 2. The highest BCUT2D eigenvalue weighted by molar-refractivity contribution is 6.05. The molecule has 3 unspecified atom stereocenters. The molecule has 27 heavy (non-hydrogen) atoms. The number of ether oxygens (including phenoxy) is 1. The summed E-state index contributed by atoms with van der Waals surface area (Å²) >= 11 is 0. The third-order valence-electron chi connectivity index (χ3n) is 5.73. The second-order valence-electron chi connectivity index (χ2n) is 7.49. The normalized spacial score (nSPS) is 26.1. The summed E-state index contributed by atoms with van der Waals surface area (Å²) in [5.41, 5.74) is 1.48. The molecule has 3 aliphatic heterocycles. The van der Waals surface area contributed by atoms with Crippen LogP contribution in [0, 0.1) is 0 Å². The van der Waals surface area contributed by atoms with Crippen LogP contribution in [0.15, 0.2) is 18.2 Å². The summed E-state index contributed by atoms with van der Waals surface area (Å²) < 4.78 is 6.21. The first-order valence-corrected chi connectivity index (χ1v) is 9.74. The molecule has 2 saturated heterocycles. The number of fused-ring (bicyclic) bond motifs is 1. The molecule has 4 rings (SSSR count). The van der Waals surface area contributed by atoms with Gasteiger partial charge < -0.3 is 15.0 Å². The SMILES string of the molecule is CCC(Oc1ccc2c(c1)CN(C1CCC(=O)NC1=O)C2=O)C1CCCN1. The van der Waals surface area contributed by atoms with Crippen LogP contribution in [0.25, 0.3) is 0 Å². The van der Waals surface area contributed by atoms with Gasteiger partial charge in [-0.3, -0.25) is 19.7 Å². The Morgan fingerprint density at radius 1 is 1.26 bits per heavy atom. The molecule has 2 N–H and O–H groups in total. The maximum absolute atomic E-state index is 12.7. The Labute approximate surface area is 158 Å². The highest BCUT2D eigenvalue weighted by Gasteiger charge is 2.39. The second kappa shape index (κ2) is 7.31. The van der Waals surface area contributed by atoms with E-state index in [0.717, 1.165) is 30.7 Å². The molecular weight excluding hydrogens is 346 g/mol. The third-order valence-corrected chi connectivity index (χ3v) is 5.73. The van der Waals surface area contributed by atoms with Crippen molar-refractivity contribution in [2.45, 2.75) is 63.8 Å². The molecule has 3 amide bonds. The minimum Gasteiger partial charge on any atom is -0.489 e. The van der Waals surface area contributed by atoms with Crippen LogP contribution in [0.1, 0.15) is 54.9 Å². The Morgan fingerprint density at radius 2 is 2.11 bits per heavy atom. The molecule has 0 saturated carbocycles. The molecule has 2 fully saturated rings. The summed E-state index contributed by atoms with van der Waals surface area (Å²) in [5.74, 6) is -0.0627. The first-order chi connectivity index (χ1) is 13.1. The van der Waals surface area contributed by atoms with Crippen LogP contribution in [0.3, 0.4) is 0 Å². The summed E-state index contributed by atoms with van der Waals surface area (Å²) in [6.07, 6.45) is 3.94. The summed E-state index contributed by atoms with van der Waals surface area (Å²) in [6.45, 7) is 3.52. The lowest BCUT2D eigenvalue weighted by molar-refractivity contribution is -0.136. The van der Waals surface area contributed by atoms with Crippen molar-refractivity contribution in [1.29, 1.82) is 0 Å². The fourth-order valence-corrected chi connectivity index (χ4v) is 4.28. The Kier molecular flexibility index (Phi) is 4.86. The van der Waals surface area contributed by atoms with E-state index in [4.69, 9.17) is 4.74 Å². The second-order valence-corrected chi connectivity index (χ2v) is 7.49. The van der Waals surface area contributed by atoms with Gasteiger partial charge in [0, 0.05) is 24.6 Å². The zero-order valence-electron chi connectivity index (χ0n) is 15.5. The Hall–Kier alpha value is -2.41. The fraction of sp³-hybridized carbons (Fsp3) is 0.550. The van der Waals surface area contributed by atoms with Crippen molar-refractivity contribution in [3.63, 3.8) is 0 Å². The molecule has 7 heteroatoms. The summed E-state index contributed by atoms with van der Waals surface area (Å²) in [4.78, 5) is 37.8. The van der Waals surface area contributed by atoms with E-state index >= 15 is 0 Å². The van der Waals surface area contributed by atoms with Crippen molar-refractivity contribution < 1.29 is 19.1 Å². The van der Waals surface area contributed by atoms with Gasteiger partial charge in [-0.05, 0) is 56.0 Å². The van der Waals surface area contributed by atoms with Gasteiger partial charge in [0.05, 0.1) is 0 Å². The maximum atomic E-state index is 12.7. The van der Waals surface area contributed by atoms with E-state index in [1.165, 1.54) is 6.42 Å². The van der Waals surface area contributed by atoms with Gasteiger partial charge in [0.2, 0.25) is 11.8 Å². The Morgan fingerprint density at radius 3 is 2.81 bits per heavy atom. The zero-order chi connectivity index (χ0) is 19.0. The Bertz CT molecular complexity index is 772. The minimum atomic E-state index is -0.585. The van der Waals surface area contributed by atoms with Crippen LogP contribution in [-0.2, 0) is 16.1 Å². The maximum Gasteiger partial charge on any atom is 0.255 e. The van der Waals surface area contributed by atoms with Gasteiger partial charge in [-0.2, -0.15) is 0 Å². The van der Waals surface area contributed by atoms with E-state index in [0.29, 0.717) is 24.6 Å². The van der Waals surface area contributed by atoms with Crippen LogP contribution in [-0.4, -0.2) is 47.4 Å². The van der Waals surface area contributed by atoms with Gasteiger partial charge in [-0.1, -0.05) is 6.92 Å². The smallest absolute Gasteiger partial charge is 0.255 e. The summed E-state index contributed by atoms with van der Waals surface area (Å²) in [6, 6.07) is 5.31. The lowest BCUT2D eigenvalue weighted by Crippen LogP contribution is -2.52. The zero-order valence-corrected chi connectivity index (χ0v) is 15.5. The molecule has 0 spiro atoms. The predicted molar refractivity (Wildman–Crippen MR) is 98.2 cm³/mol. The van der Waals surface area contributed by atoms with Crippen molar-refractivity contribution in [1.82, 2.24) is 15.5 Å². The van der Waals surface area contributed by atoms with Crippen LogP contribution in [0.2, 0.25) is 0 Å². The molecule has 7 nitrogen and oxygen atoms in total. The van der Waals surface area contributed by atoms with Gasteiger partial charge in [0.25, 0.3) is 5.91 Å². The molecule has 144 valence electrons. The minimum absolute atomic E-state index is 0.105. The average molecular weight is 371 g/mol. The molecule has 3 aliphatic rings. The van der Waals surface area contributed by atoms with E-state index in [1.807, 2.05) is 12.1 Å². The molecule has 1 aromatic carbocycles. The van der Waals surface area contributed by atoms with Crippen molar-refractivity contribution in [2.24, 2.45) is 0 Å². The van der Waals surface area contributed by atoms with Crippen molar-refractivity contribution in [3.05, 3.63) is 29.3 Å². The number of benzene rings is 1. The average Bonchev–Trinajstić information content (AvgIpc) is 3.28. The van der Waals surface area contributed by atoms with Crippen LogP contribution >= 0.6 is 0 Å².